The molecule has 11 heteroatoms. The van der Waals surface area contributed by atoms with Gasteiger partial charge in [-0.15, -0.1) is 0 Å². The van der Waals surface area contributed by atoms with Crippen molar-refractivity contribution in [2.45, 2.75) is 25.4 Å². The Kier molecular flexibility index (Phi) is 8.14. The van der Waals surface area contributed by atoms with E-state index in [0.29, 0.717) is 58.2 Å². The molecule has 0 radical (unpaired) electrons. The maximum absolute atomic E-state index is 11.5. The molecule has 0 aliphatic carbocycles. The molecule has 1 aliphatic heterocycles. The topological polar surface area (TPSA) is 114 Å². The molecule has 1 atom stereocenters. The molecule has 0 bridgehead atoms. The van der Waals surface area contributed by atoms with Gasteiger partial charge in [-0.05, 0) is 24.6 Å². The maximum Gasteiger partial charge on any atom is 0.220 e. The van der Waals surface area contributed by atoms with E-state index in [1.807, 2.05) is 48.5 Å². The highest BCUT2D eigenvalue weighted by Gasteiger charge is 2.21. The van der Waals surface area contributed by atoms with E-state index in [4.69, 9.17) is 32.9 Å². The Balaban J connectivity index is 1.26. The number of pyridine rings is 2. The lowest BCUT2D eigenvalue weighted by Gasteiger charge is -2.16. The number of hydrogen-bond donors (Lipinski definition) is 3. The molecule has 2 aromatic carbocycles. The summed E-state index contributed by atoms with van der Waals surface area (Å²) >= 11 is 13.9. The molecule has 3 aromatic heterocycles. The van der Waals surface area contributed by atoms with Crippen molar-refractivity contribution in [2.24, 2.45) is 0 Å². The zero-order valence-corrected chi connectivity index (χ0v) is 24.2. The Morgan fingerprint density at radius 1 is 0.929 bits per heavy atom. The minimum absolute atomic E-state index is 0.102. The Morgan fingerprint density at radius 2 is 1.71 bits per heavy atom. The zero-order valence-electron chi connectivity index (χ0n) is 22.7. The zero-order chi connectivity index (χ0) is 29.1. The highest BCUT2D eigenvalue weighted by molar-refractivity contribution is 6.39. The number of hydrogen-bond acceptors (Lipinski definition) is 8. The number of fused-ring (bicyclic) bond motifs is 1. The predicted octanol–water partition coefficient (Wildman–Crippen LogP) is 6.18. The first-order chi connectivity index (χ1) is 20.5. The van der Waals surface area contributed by atoms with Crippen molar-refractivity contribution < 1.29 is 9.53 Å². The van der Waals surface area contributed by atoms with E-state index in [0.717, 1.165) is 34.2 Å². The van der Waals surface area contributed by atoms with Gasteiger partial charge in [-0.25, -0.2) is 15.0 Å². The van der Waals surface area contributed by atoms with Crippen molar-refractivity contribution in [3.63, 3.8) is 0 Å². The lowest BCUT2D eigenvalue weighted by atomic mass is 10.00. The predicted molar refractivity (Wildman–Crippen MR) is 165 cm³/mol. The van der Waals surface area contributed by atoms with Gasteiger partial charge in [0.1, 0.15) is 5.52 Å². The molecular weight excluding hydrogens is 573 g/mol. The number of benzene rings is 2. The number of ether oxygens (including phenoxy) is 1. The third-order valence-electron chi connectivity index (χ3n) is 7.13. The van der Waals surface area contributed by atoms with Crippen molar-refractivity contribution in [3.05, 3.63) is 88.8 Å². The summed E-state index contributed by atoms with van der Waals surface area (Å²) in [5.41, 5.74) is 5.89. The molecule has 1 fully saturated rings. The van der Waals surface area contributed by atoms with E-state index in [1.165, 1.54) is 0 Å². The first-order valence-electron chi connectivity index (χ1n) is 13.5. The minimum Gasteiger partial charge on any atom is -0.481 e. The number of nitrogens with zero attached hydrogens (tertiary/aromatic N) is 4. The standard InChI is InChI=1S/C31H27Cl2N7O2/c1-42-31-18(16-34-17-19-9-11-26(41)38-19)8-10-23(40-31)22-6-2-4-20(27(22)32)21-5-3-7-24(28(21)33)39-30-29-25(12-13-37-30)35-14-15-36-29/h2-8,10,12-15,19,34H,9,11,16-17H2,1H3,(H,37,39)(H,38,41). The number of nitrogens with one attached hydrogen (secondary N) is 3. The van der Waals surface area contributed by atoms with Crippen molar-refractivity contribution in [1.82, 2.24) is 30.6 Å². The molecule has 6 rings (SSSR count). The van der Waals surface area contributed by atoms with E-state index >= 15 is 0 Å². The number of aromatic nitrogens is 4. The highest BCUT2D eigenvalue weighted by Crippen LogP contribution is 2.42. The summed E-state index contributed by atoms with van der Waals surface area (Å²) in [7, 11) is 1.60. The maximum atomic E-state index is 11.5. The van der Waals surface area contributed by atoms with Crippen LogP contribution >= 0.6 is 23.2 Å². The molecule has 1 amide bonds. The van der Waals surface area contributed by atoms with Crippen LogP contribution in [0.1, 0.15) is 18.4 Å². The number of methoxy groups -OCH3 is 1. The number of halogens is 2. The van der Waals surface area contributed by atoms with Crippen LogP contribution in [0.4, 0.5) is 11.5 Å². The van der Waals surface area contributed by atoms with Gasteiger partial charge in [0.15, 0.2) is 5.82 Å². The van der Waals surface area contributed by atoms with Crippen molar-refractivity contribution >= 4 is 51.6 Å². The molecule has 0 saturated carbocycles. The fourth-order valence-corrected chi connectivity index (χ4v) is 5.63. The molecular formula is C31H27Cl2N7O2. The van der Waals surface area contributed by atoms with E-state index < -0.39 is 0 Å². The van der Waals surface area contributed by atoms with Gasteiger partial charge in [-0.3, -0.25) is 9.78 Å². The second-order valence-electron chi connectivity index (χ2n) is 9.84. The average Bonchev–Trinajstić information content (AvgIpc) is 3.43. The second kappa shape index (κ2) is 12.3. The molecule has 4 heterocycles. The summed E-state index contributed by atoms with van der Waals surface area (Å²) < 4.78 is 5.62. The van der Waals surface area contributed by atoms with Crippen LogP contribution in [-0.4, -0.2) is 45.5 Å². The lowest BCUT2D eigenvalue weighted by Crippen LogP contribution is -2.35. The van der Waals surface area contributed by atoms with E-state index in [9.17, 15) is 4.79 Å². The number of carbonyl (C=O) groups is 1. The molecule has 5 aromatic rings. The minimum atomic E-state index is 0.102. The molecule has 42 heavy (non-hydrogen) atoms. The monoisotopic (exact) mass is 599 g/mol. The Hall–Kier alpha value is -4.31. The van der Waals surface area contributed by atoms with Crippen LogP contribution in [0.15, 0.2) is 73.2 Å². The van der Waals surface area contributed by atoms with Gasteiger partial charge in [-0.2, -0.15) is 0 Å². The second-order valence-corrected chi connectivity index (χ2v) is 10.6. The normalized spacial score (nSPS) is 14.6. The molecule has 1 aliphatic rings. The number of carbonyl (C=O) groups excluding carboxylic acids is 1. The molecule has 9 nitrogen and oxygen atoms in total. The largest absolute Gasteiger partial charge is 0.481 e. The summed E-state index contributed by atoms with van der Waals surface area (Å²) in [6, 6.07) is 17.3. The summed E-state index contributed by atoms with van der Waals surface area (Å²) in [5.74, 6) is 1.16. The van der Waals surface area contributed by atoms with Crippen LogP contribution in [0.2, 0.25) is 10.0 Å². The van der Waals surface area contributed by atoms with Crippen molar-refractivity contribution in [2.75, 3.05) is 19.0 Å². The van der Waals surface area contributed by atoms with Gasteiger partial charge in [-0.1, -0.05) is 59.6 Å². The molecule has 3 N–H and O–H groups in total. The Labute approximate surface area is 252 Å². The summed E-state index contributed by atoms with van der Waals surface area (Å²) in [6.45, 7) is 1.24. The van der Waals surface area contributed by atoms with Gasteiger partial charge in [0.25, 0.3) is 0 Å². The molecule has 1 unspecified atom stereocenters. The first kappa shape index (κ1) is 27.8. The lowest BCUT2D eigenvalue weighted by molar-refractivity contribution is -0.119. The highest BCUT2D eigenvalue weighted by atomic mass is 35.5. The van der Waals surface area contributed by atoms with Crippen molar-refractivity contribution in [1.29, 1.82) is 0 Å². The summed E-state index contributed by atoms with van der Waals surface area (Å²) in [5, 5.41) is 10.7. The Bertz CT molecular complexity index is 1780. The van der Waals surface area contributed by atoms with Crippen molar-refractivity contribution in [3.8, 4) is 28.3 Å². The van der Waals surface area contributed by atoms with E-state index in [2.05, 4.69) is 30.9 Å². The van der Waals surface area contributed by atoms with E-state index in [-0.39, 0.29) is 11.9 Å². The Morgan fingerprint density at radius 3 is 2.52 bits per heavy atom. The van der Waals surface area contributed by atoms with Crippen LogP contribution in [0, 0.1) is 0 Å². The summed E-state index contributed by atoms with van der Waals surface area (Å²) in [4.78, 5) is 29.4. The average molecular weight is 601 g/mol. The molecule has 1 saturated heterocycles. The van der Waals surface area contributed by atoms with Gasteiger partial charge in [0, 0.05) is 66.4 Å². The van der Waals surface area contributed by atoms with E-state index in [1.54, 1.807) is 31.8 Å². The molecule has 0 spiro atoms. The fraction of sp³-hybridized carbons (Fsp3) is 0.194. The van der Waals surface area contributed by atoms with Gasteiger partial charge >= 0.3 is 0 Å². The van der Waals surface area contributed by atoms with Crippen LogP contribution in [0.5, 0.6) is 5.88 Å². The molecule has 212 valence electrons. The van der Waals surface area contributed by atoms with Gasteiger partial charge in [0.2, 0.25) is 11.8 Å². The van der Waals surface area contributed by atoms with Crippen LogP contribution < -0.4 is 20.7 Å². The van der Waals surface area contributed by atoms with Gasteiger partial charge in [0.05, 0.1) is 34.1 Å². The SMILES string of the molecule is COc1nc(-c2cccc(-c3cccc(Nc4nccc5nccnc45)c3Cl)c2Cl)ccc1CNCC1CCC(=O)N1. The van der Waals surface area contributed by atoms with Crippen LogP contribution in [0.25, 0.3) is 33.4 Å². The number of rotatable bonds is 9. The van der Waals surface area contributed by atoms with Crippen LogP contribution in [-0.2, 0) is 11.3 Å². The number of anilines is 2. The number of amides is 1. The third-order valence-corrected chi connectivity index (χ3v) is 7.94. The first-order valence-corrected chi connectivity index (χ1v) is 14.2. The third kappa shape index (κ3) is 5.72. The fourth-order valence-electron chi connectivity index (χ4n) is 5.03. The smallest absolute Gasteiger partial charge is 0.220 e. The van der Waals surface area contributed by atoms with Crippen LogP contribution in [0.3, 0.4) is 0 Å². The quantitative estimate of drug-likeness (QED) is 0.184. The summed E-state index contributed by atoms with van der Waals surface area (Å²) in [6.07, 6.45) is 6.36. The van der Waals surface area contributed by atoms with Gasteiger partial charge < -0.3 is 20.7 Å².